The largest absolute Gasteiger partial charge is 0.338 e. The third kappa shape index (κ3) is 3.04. The lowest BCUT2D eigenvalue weighted by Gasteiger charge is -2.35. The number of fused-ring (bicyclic) bond motifs is 1. The molecule has 4 heterocycles. The van der Waals surface area contributed by atoms with Gasteiger partial charge in [0.2, 0.25) is 0 Å². The van der Waals surface area contributed by atoms with Crippen LogP contribution in [0.5, 0.6) is 0 Å². The average Bonchev–Trinajstić information content (AvgIpc) is 3.26. The van der Waals surface area contributed by atoms with Crippen molar-refractivity contribution in [3.05, 3.63) is 54.4 Å². The van der Waals surface area contributed by atoms with Gasteiger partial charge in [-0.25, -0.2) is 9.50 Å². The Morgan fingerprint density at radius 2 is 2.20 bits per heavy atom. The Hall–Kier alpha value is -2.63. The van der Waals surface area contributed by atoms with Crippen LogP contribution in [0.2, 0.25) is 0 Å². The minimum atomic E-state index is 0.103. The maximum Gasteiger partial charge on any atom is 0.257 e. The molecule has 0 unspecified atom stereocenters. The van der Waals surface area contributed by atoms with Crippen LogP contribution in [0.1, 0.15) is 41.9 Å². The second-order valence-electron chi connectivity index (χ2n) is 6.73. The summed E-state index contributed by atoms with van der Waals surface area (Å²) in [5.74, 6) is 1.18. The number of imidazole rings is 1. The maximum absolute atomic E-state index is 13.2. The van der Waals surface area contributed by atoms with Gasteiger partial charge in [0.05, 0.1) is 17.3 Å². The summed E-state index contributed by atoms with van der Waals surface area (Å²) in [6.45, 7) is 0.828. The highest BCUT2D eigenvalue weighted by atomic mass is 16.2. The number of hydrogen-bond acceptors (Lipinski definition) is 3. The molecule has 0 saturated carbocycles. The van der Waals surface area contributed by atoms with Crippen molar-refractivity contribution in [2.24, 2.45) is 7.05 Å². The normalized spacial score (nSPS) is 18.0. The average molecular weight is 337 g/mol. The molecule has 1 fully saturated rings. The summed E-state index contributed by atoms with van der Waals surface area (Å²) in [6, 6.07) is 6.09. The molecule has 3 aromatic heterocycles. The van der Waals surface area contributed by atoms with Crippen LogP contribution in [0.4, 0.5) is 0 Å². The second-order valence-corrected chi connectivity index (χ2v) is 6.73. The number of carbonyl (C=O) groups is 1. The molecule has 130 valence electrons. The van der Waals surface area contributed by atoms with Crippen LogP contribution in [0, 0.1) is 0 Å². The highest BCUT2D eigenvalue weighted by molar-refractivity contribution is 6.00. The first kappa shape index (κ1) is 15.9. The van der Waals surface area contributed by atoms with Crippen molar-refractivity contribution in [3.63, 3.8) is 0 Å². The Labute approximate surface area is 147 Å². The summed E-state index contributed by atoms with van der Waals surface area (Å²) in [5, 5.41) is 4.31. The zero-order chi connectivity index (χ0) is 17.2. The molecule has 1 saturated heterocycles. The summed E-state index contributed by atoms with van der Waals surface area (Å²) >= 11 is 0. The number of aromatic nitrogens is 4. The standard InChI is InChI=1S/C19H23N5O/c1-22-13-10-20-18(22)9-8-15-6-2-4-11-23(15)19(25)16-14-21-24-12-5-3-7-17(16)24/h3,5,7,10,12-15H,2,4,6,8-9,11H2,1H3/t15-/m0/s1. The fourth-order valence-electron chi connectivity index (χ4n) is 3.76. The monoisotopic (exact) mass is 337 g/mol. The predicted molar refractivity (Wildman–Crippen MR) is 95.4 cm³/mol. The number of hydrogen-bond donors (Lipinski definition) is 0. The van der Waals surface area contributed by atoms with Crippen LogP contribution >= 0.6 is 0 Å². The van der Waals surface area contributed by atoms with Gasteiger partial charge in [0.25, 0.3) is 5.91 Å². The van der Waals surface area contributed by atoms with Gasteiger partial charge in [0, 0.05) is 44.6 Å². The summed E-state index contributed by atoms with van der Waals surface area (Å²) in [5.41, 5.74) is 1.57. The molecular formula is C19H23N5O. The smallest absolute Gasteiger partial charge is 0.257 e. The Balaban J connectivity index is 1.54. The molecule has 0 N–H and O–H groups in total. The molecule has 0 aliphatic carbocycles. The topological polar surface area (TPSA) is 55.4 Å². The van der Waals surface area contributed by atoms with Crippen molar-refractivity contribution in [2.45, 2.75) is 38.1 Å². The minimum absolute atomic E-state index is 0.103. The van der Waals surface area contributed by atoms with E-state index in [2.05, 4.69) is 19.5 Å². The van der Waals surface area contributed by atoms with Crippen LogP contribution in [0.25, 0.3) is 5.52 Å². The van der Waals surface area contributed by atoms with Gasteiger partial charge in [0.1, 0.15) is 5.82 Å². The van der Waals surface area contributed by atoms with Crippen LogP contribution < -0.4 is 0 Å². The molecule has 0 radical (unpaired) electrons. The number of pyridine rings is 1. The predicted octanol–water partition coefficient (Wildman–Crippen LogP) is 2.70. The summed E-state index contributed by atoms with van der Waals surface area (Å²) < 4.78 is 3.82. The SMILES string of the molecule is Cn1ccnc1CC[C@@H]1CCCCN1C(=O)c1cnn2ccccc12. The van der Waals surface area contributed by atoms with Gasteiger partial charge in [-0.2, -0.15) is 5.10 Å². The second kappa shape index (κ2) is 6.70. The van der Waals surface area contributed by atoms with E-state index < -0.39 is 0 Å². The van der Waals surface area contributed by atoms with Crippen molar-refractivity contribution in [2.75, 3.05) is 6.54 Å². The van der Waals surface area contributed by atoms with Crippen LogP contribution in [-0.4, -0.2) is 42.6 Å². The van der Waals surface area contributed by atoms with Crippen molar-refractivity contribution in [1.82, 2.24) is 24.1 Å². The lowest BCUT2D eigenvalue weighted by molar-refractivity contribution is 0.0603. The molecule has 1 aliphatic rings. The van der Waals surface area contributed by atoms with E-state index in [9.17, 15) is 4.79 Å². The molecule has 25 heavy (non-hydrogen) atoms. The van der Waals surface area contributed by atoms with E-state index in [1.807, 2.05) is 43.8 Å². The zero-order valence-electron chi connectivity index (χ0n) is 14.5. The molecule has 6 heteroatoms. The van der Waals surface area contributed by atoms with Crippen molar-refractivity contribution in [1.29, 1.82) is 0 Å². The number of amides is 1. The highest BCUT2D eigenvalue weighted by Crippen LogP contribution is 2.24. The molecule has 3 aromatic rings. The van der Waals surface area contributed by atoms with E-state index in [1.54, 1.807) is 10.7 Å². The number of aryl methyl sites for hydroxylation is 2. The van der Waals surface area contributed by atoms with Gasteiger partial charge in [0.15, 0.2) is 0 Å². The molecule has 1 atom stereocenters. The number of carbonyl (C=O) groups excluding carboxylic acids is 1. The van der Waals surface area contributed by atoms with Crippen molar-refractivity contribution in [3.8, 4) is 0 Å². The van der Waals surface area contributed by atoms with Crippen LogP contribution in [-0.2, 0) is 13.5 Å². The minimum Gasteiger partial charge on any atom is -0.338 e. The van der Waals surface area contributed by atoms with E-state index in [4.69, 9.17) is 0 Å². The van der Waals surface area contributed by atoms with Gasteiger partial charge < -0.3 is 9.47 Å². The molecule has 1 amide bonds. The molecule has 1 aliphatic heterocycles. The van der Waals surface area contributed by atoms with E-state index in [0.29, 0.717) is 5.56 Å². The first-order valence-electron chi connectivity index (χ1n) is 8.93. The van der Waals surface area contributed by atoms with Gasteiger partial charge in [-0.15, -0.1) is 0 Å². The summed E-state index contributed by atoms with van der Waals surface area (Å²) in [6.07, 6.45) is 12.5. The van der Waals surface area contributed by atoms with Crippen LogP contribution in [0.15, 0.2) is 43.0 Å². The highest BCUT2D eigenvalue weighted by Gasteiger charge is 2.29. The van der Waals surface area contributed by atoms with Crippen LogP contribution in [0.3, 0.4) is 0 Å². The number of rotatable bonds is 4. The third-order valence-corrected chi connectivity index (χ3v) is 5.17. The van der Waals surface area contributed by atoms with Gasteiger partial charge in [-0.1, -0.05) is 6.07 Å². The fourth-order valence-corrected chi connectivity index (χ4v) is 3.76. The third-order valence-electron chi connectivity index (χ3n) is 5.17. The van der Waals surface area contributed by atoms with Gasteiger partial charge >= 0.3 is 0 Å². The van der Waals surface area contributed by atoms with Gasteiger partial charge in [-0.05, 0) is 37.8 Å². The molecule has 6 nitrogen and oxygen atoms in total. The van der Waals surface area contributed by atoms with E-state index in [1.165, 1.54) is 6.42 Å². The number of piperidine rings is 1. The Bertz CT molecular complexity index is 881. The number of nitrogens with zero attached hydrogens (tertiary/aromatic N) is 5. The Kier molecular flexibility index (Phi) is 4.26. The van der Waals surface area contributed by atoms with E-state index >= 15 is 0 Å². The lowest BCUT2D eigenvalue weighted by Crippen LogP contribution is -2.44. The van der Waals surface area contributed by atoms with Gasteiger partial charge in [-0.3, -0.25) is 4.79 Å². The maximum atomic E-state index is 13.2. The summed E-state index contributed by atoms with van der Waals surface area (Å²) in [4.78, 5) is 19.6. The lowest BCUT2D eigenvalue weighted by atomic mass is 9.97. The molecule has 0 spiro atoms. The zero-order valence-corrected chi connectivity index (χ0v) is 14.5. The number of likely N-dealkylation sites (tertiary alicyclic amines) is 1. The van der Waals surface area contributed by atoms with Crippen molar-refractivity contribution < 1.29 is 4.79 Å². The van der Waals surface area contributed by atoms with E-state index in [-0.39, 0.29) is 11.9 Å². The molecule has 4 rings (SSSR count). The quantitative estimate of drug-likeness (QED) is 0.735. The van der Waals surface area contributed by atoms with E-state index in [0.717, 1.165) is 43.6 Å². The Morgan fingerprint density at radius 3 is 3.04 bits per heavy atom. The fraction of sp³-hybridized carbons (Fsp3) is 0.421. The Morgan fingerprint density at radius 1 is 1.28 bits per heavy atom. The first-order chi connectivity index (χ1) is 12.2. The molecule has 0 aromatic carbocycles. The van der Waals surface area contributed by atoms with Crippen molar-refractivity contribution >= 4 is 11.4 Å². The molecular weight excluding hydrogens is 314 g/mol. The summed E-state index contributed by atoms with van der Waals surface area (Å²) in [7, 11) is 2.02. The first-order valence-corrected chi connectivity index (χ1v) is 8.93. The molecule has 0 bridgehead atoms.